The van der Waals surface area contributed by atoms with Gasteiger partial charge >= 0.3 is 0 Å². The van der Waals surface area contributed by atoms with Gasteiger partial charge in [0.25, 0.3) is 0 Å². The number of hydrogen-bond acceptors (Lipinski definition) is 5. The predicted octanol–water partition coefficient (Wildman–Crippen LogP) is 2.70. The molecule has 1 aromatic carbocycles. The number of benzene rings is 1. The second kappa shape index (κ2) is 7.23. The van der Waals surface area contributed by atoms with E-state index in [0.29, 0.717) is 0 Å². The van der Waals surface area contributed by atoms with Crippen molar-refractivity contribution in [2.24, 2.45) is 0 Å². The van der Waals surface area contributed by atoms with E-state index in [1.165, 1.54) is 29.8 Å². The first-order valence-corrected chi connectivity index (χ1v) is 9.57. The molecule has 0 saturated heterocycles. The molecule has 3 aromatic rings. The maximum absolute atomic E-state index is 12.2. The molecule has 0 spiro atoms. The Labute approximate surface area is 144 Å². The molecule has 7 heteroatoms. The second-order valence-corrected chi connectivity index (χ2v) is 8.10. The number of nitrogens with zero attached hydrogens (tertiary/aromatic N) is 1. The van der Waals surface area contributed by atoms with E-state index in [1.807, 2.05) is 42.5 Å². The molecule has 0 amide bonds. The van der Waals surface area contributed by atoms with Gasteiger partial charge in [0.1, 0.15) is 11.0 Å². The molecular formula is C17H16N2O3S2. The van der Waals surface area contributed by atoms with Gasteiger partial charge in [-0.15, -0.1) is 11.3 Å². The highest BCUT2D eigenvalue weighted by Crippen LogP contribution is 2.28. The molecule has 3 rings (SSSR count). The highest BCUT2D eigenvalue weighted by Gasteiger charge is 2.16. The minimum Gasteiger partial charge on any atom is -0.383 e. The molecule has 0 bridgehead atoms. The molecule has 0 aliphatic rings. The van der Waals surface area contributed by atoms with Gasteiger partial charge < -0.3 is 5.11 Å². The molecule has 0 aliphatic carbocycles. The molecule has 2 aromatic heterocycles. The Morgan fingerprint density at radius 2 is 1.88 bits per heavy atom. The molecule has 0 aliphatic heterocycles. The van der Waals surface area contributed by atoms with Gasteiger partial charge in [-0.1, -0.05) is 30.3 Å². The first-order valence-electron chi connectivity index (χ1n) is 7.27. The van der Waals surface area contributed by atoms with Crippen LogP contribution in [0, 0.1) is 0 Å². The average molecular weight is 360 g/mol. The summed E-state index contributed by atoms with van der Waals surface area (Å²) in [5, 5.41) is 10.4. The molecule has 1 unspecified atom stereocenters. The van der Waals surface area contributed by atoms with Crippen LogP contribution in [0.25, 0.3) is 0 Å². The predicted molar refractivity (Wildman–Crippen MR) is 93.1 cm³/mol. The van der Waals surface area contributed by atoms with Crippen LogP contribution >= 0.6 is 11.3 Å². The Balaban J connectivity index is 1.69. The zero-order valence-electron chi connectivity index (χ0n) is 12.7. The van der Waals surface area contributed by atoms with Crippen molar-refractivity contribution in [1.29, 1.82) is 0 Å². The fraction of sp³-hybridized carbons (Fsp3) is 0.118. The van der Waals surface area contributed by atoms with E-state index in [4.69, 9.17) is 0 Å². The van der Waals surface area contributed by atoms with Crippen LogP contribution in [0.1, 0.15) is 21.4 Å². The Morgan fingerprint density at radius 1 is 1.08 bits per heavy atom. The first-order chi connectivity index (χ1) is 11.6. The van der Waals surface area contributed by atoms with Crippen LogP contribution < -0.4 is 4.72 Å². The van der Waals surface area contributed by atoms with E-state index in [-0.39, 0.29) is 11.4 Å². The largest absolute Gasteiger partial charge is 0.383 e. The summed E-state index contributed by atoms with van der Waals surface area (Å²) in [5.74, 6) is 0. The Kier molecular flexibility index (Phi) is 5.06. The van der Waals surface area contributed by atoms with Crippen molar-refractivity contribution in [2.45, 2.75) is 17.5 Å². The molecule has 24 heavy (non-hydrogen) atoms. The van der Waals surface area contributed by atoms with E-state index in [2.05, 4.69) is 9.71 Å². The van der Waals surface area contributed by atoms with Crippen molar-refractivity contribution in [3.8, 4) is 0 Å². The van der Waals surface area contributed by atoms with Crippen molar-refractivity contribution >= 4 is 21.4 Å². The topological polar surface area (TPSA) is 79.3 Å². The van der Waals surface area contributed by atoms with E-state index in [0.717, 1.165) is 15.3 Å². The van der Waals surface area contributed by atoms with Crippen LogP contribution in [0.4, 0.5) is 0 Å². The van der Waals surface area contributed by atoms with Crippen molar-refractivity contribution in [2.75, 3.05) is 0 Å². The summed E-state index contributed by atoms with van der Waals surface area (Å²) in [6, 6.07) is 16.0. The molecule has 124 valence electrons. The fourth-order valence-electron chi connectivity index (χ4n) is 2.19. The lowest BCUT2D eigenvalue weighted by atomic mass is 10.1. The highest BCUT2D eigenvalue weighted by molar-refractivity contribution is 7.89. The number of pyridine rings is 1. The standard InChI is InChI=1S/C17H16N2O3S2/c20-17(13-5-2-1-3-6-13)16-9-8-14(23-16)11-19-24(21,22)15-7-4-10-18-12-15/h1-10,12,17,19-20H,11H2. The second-order valence-electron chi connectivity index (χ2n) is 5.13. The Hall–Kier alpha value is -2.06. The summed E-state index contributed by atoms with van der Waals surface area (Å²) in [4.78, 5) is 5.55. The highest BCUT2D eigenvalue weighted by atomic mass is 32.2. The van der Waals surface area contributed by atoms with Crippen LogP contribution in [0.2, 0.25) is 0 Å². The lowest BCUT2D eigenvalue weighted by Gasteiger charge is -2.08. The molecular weight excluding hydrogens is 344 g/mol. The summed E-state index contributed by atoms with van der Waals surface area (Å²) >= 11 is 1.38. The zero-order valence-corrected chi connectivity index (χ0v) is 14.3. The maximum Gasteiger partial charge on any atom is 0.242 e. The van der Waals surface area contributed by atoms with Crippen LogP contribution in [0.15, 0.2) is 71.9 Å². The van der Waals surface area contributed by atoms with Gasteiger partial charge in [0.05, 0.1) is 0 Å². The summed E-state index contributed by atoms with van der Waals surface area (Å²) in [7, 11) is -3.59. The Morgan fingerprint density at radius 3 is 2.58 bits per heavy atom. The van der Waals surface area contributed by atoms with Crippen LogP contribution in [0.5, 0.6) is 0 Å². The number of hydrogen-bond donors (Lipinski definition) is 2. The number of nitrogens with one attached hydrogen (secondary N) is 1. The van der Waals surface area contributed by atoms with E-state index >= 15 is 0 Å². The van der Waals surface area contributed by atoms with Crippen LogP contribution in [-0.4, -0.2) is 18.5 Å². The summed E-state index contributed by atoms with van der Waals surface area (Å²) in [5.41, 5.74) is 0.807. The molecule has 5 nitrogen and oxygen atoms in total. The molecule has 2 heterocycles. The summed E-state index contributed by atoms with van der Waals surface area (Å²) < 4.78 is 26.9. The summed E-state index contributed by atoms with van der Waals surface area (Å²) in [6.45, 7) is 0.170. The molecule has 0 radical (unpaired) electrons. The molecule has 1 atom stereocenters. The number of rotatable bonds is 6. The summed E-state index contributed by atoms with van der Waals surface area (Å²) in [6.07, 6.45) is 2.12. The number of aliphatic hydroxyl groups is 1. The van der Waals surface area contributed by atoms with Crippen LogP contribution in [-0.2, 0) is 16.6 Å². The molecule has 0 fully saturated rings. The van der Waals surface area contributed by atoms with Crippen LogP contribution in [0.3, 0.4) is 0 Å². The zero-order chi connectivity index (χ0) is 17.0. The number of aromatic nitrogens is 1. The normalized spacial score (nSPS) is 12.9. The third-order valence-electron chi connectivity index (χ3n) is 3.45. The van der Waals surface area contributed by atoms with Crippen molar-refractivity contribution in [3.05, 3.63) is 82.3 Å². The molecule has 0 saturated carbocycles. The molecule has 2 N–H and O–H groups in total. The van der Waals surface area contributed by atoms with Crippen molar-refractivity contribution in [3.63, 3.8) is 0 Å². The van der Waals surface area contributed by atoms with Gasteiger partial charge in [0.15, 0.2) is 0 Å². The lowest BCUT2D eigenvalue weighted by molar-refractivity contribution is 0.224. The monoisotopic (exact) mass is 360 g/mol. The lowest BCUT2D eigenvalue weighted by Crippen LogP contribution is -2.22. The maximum atomic E-state index is 12.2. The van der Waals surface area contributed by atoms with Crippen molar-refractivity contribution in [1.82, 2.24) is 9.71 Å². The SMILES string of the molecule is O=S(=O)(NCc1ccc(C(O)c2ccccc2)s1)c1cccnc1. The number of aliphatic hydroxyl groups excluding tert-OH is 1. The van der Waals surface area contributed by atoms with Gasteiger partial charge in [-0.25, -0.2) is 13.1 Å². The van der Waals surface area contributed by atoms with Gasteiger partial charge in [-0.05, 0) is 29.8 Å². The average Bonchev–Trinajstić information content (AvgIpc) is 3.10. The quantitative estimate of drug-likeness (QED) is 0.708. The van der Waals surface area contributed by atoms with E-state index < -0.39 is 16.1 Å². The minimum atomic E-state index is -3.59. The Bertz CT molecular complexity index is 894. The van der Waals surface area contributed by atoms with E-state index in [9.17, 15) is 13.5 Å². The smallest absolute Gasteiger partial charge is 0.242 e. The third-order valence-corrected chi connectivity index (χ3v) is 5.97. The minimum absolute atomic E-state index is 0.131. The fourth-order valence-corrected chi connectivity index (χ4v) is 4.22. The van der Waals surface area contributed by atoms with Gasteiger partial charge in [-0.3, -0.25) is 4.98 Å². The van der Waals surface area contributed by atoms with Gasteiger partial charge in [0, 0.05) is 28.7 Å². The number of sulfonamides is 1. The third kappa shape index (κ3) is 3.88. The van der Waals surface area contributed by atoms with Gasteiger partial charge in [-0.2, -0.15) is 0 Å². The first kappa shape index (κ1) is 16.8. The van der Waals surface area contributed by atoms with Gasteiger partial charge in [0.2, 0.25) is 10.0 Å². The van der Waals surface area contributed by atoms with Crippen molar-refractivity contribution < 1.29 is 13.5 Å². The van der Waals surface area contributed by atoms with E-state index in [1.54, 1.807) is 6.07 Å². The number of thiophene rings is 1.